The summed E-state index contributed by atoms with van der Waals surface area (Å²) in [6.45, 7) is 0. The van der Waals surface area contributed by atoms with E-state index in [-0.39, 0.29) is 6.04 Å². The molecule has 0 saturated heterocycles. The smallest absolute Gasteiger partial charge is 0.128 e. The monoisotopic (exact) mass is 200 g/mol. The number of hydrogen-bond donors (Lipinski definition) is 2. The Balaban J connectivity index is 2.37. The van der Waals surface area contributed by atoms with Gasteiger partial charge in [0.05, 0.1) is 6.04 Å². The van der Waals surface area contributed by atoms with Gasteiger partial charge >= 0.3 is 0 Å². The molecule has 0 bridgehead atoms. The maximum atomic E-state index is 6.07. The van der Waals surface area contributed by atoms with E-state index in [1.807, 2.05) is 24.3 Å². The molecule has 0 spiro atoms. The van der Waals surface area contributed by atoms with Gasteiger partial charge in [-0.15, -0.1) is 0 Å². The van der Waals surface area contributed by atoms with Gasteiger partial charge in [-0.2, -0.15) is 0 Å². The number of hydrogen-bond acceptors (Lipinski definition) is 4. The maximum Gasteiger partial charge on any atom is 0.128 e. The van der Waals surface area contributed by atoms with Gasteiger partial charge < -0.3 is 11.5 Å². The third-order valence-corrected chi connectivity index (χ3v) is 2.27. The molecule has 4 N–H and O–H groups in total. The second-order valence-electron chi connectivity index (χ2n) is 3.24. The molecule has 2 aromatic rings. The van der Waals surface area contributed by atoms with E-state index in [9.17, 15) is 0 Å². The van der Waals surface area contributed by atoms with Crippen LogP contribution in [0.15, 0.2) is 42.9 Å². The SMILES string of the molecule is Nc1ncccc1C(N)c1ccncc1. The molecule has 1 atom stereocenters. The molecule has 2 rings (SSSR count). The van der Waals surface area contributed by atoms with Gasteiger partial charge in [-0.3, -0.25) is 4.98 Å². The summed E-state index contributed by atoms with van der Waals surface area (Å²) < 4.78 is 0. The van der Waals surface area contributed by atoms with E-state index >= 15 is 0 Å². The van der Waals surface area contributed by atoms with Crippen LogP contribution in [0.25, 0.3) is 0 Å². The minimum absolute atomic E-state index is 0.248. The number of anilines is 1. The van der Waals surface area contributed by atoms with Crippen molar-refractivity contribution in [1.29, 1.82) is 0 Å². The quantitative estimate of drug-likeness (QED) is 0.761. The molecule has 0 saturated carbocycles. The largest absolute Gasteiger partial charge is 0.383 e. The van der Waals surface area contributed by atoms with Crippen LogP contribution in [0.2, 0.25) is 0 Å². The topological polar surface area (TPSA) is 77.8 Å². The van der Waals surface area contributed by atoms with Gasteiger partial charge in [0.1, 0.15) is 5.82 Å². The van der Waals surface area contributed by atoms with Crippen LogP contribution >= 0.6 is 0 Å². The van der Waals surface area contributed by atoms with Gasteiger partial charge in [0.2, 0.25) is 0 Å². The summed E-state index contributed by atoms with van der Waals surface area (Å²) in [7, 11) is 0. The third-order valence-electron chi connectivity index (χ3n) is 2.27. The van der Waals surface area contributed by atoms with Crippen molar-refractivity contribution >= 4 is 5.82 Å². The zero-order chi connectivity index (χ0) is 10.7. The van der Waals surface area contributed by atoms with Gasteiger partial charge in [-0.05, 0) is 23.8 Å². The minimum Gasteiger partial charge on any atom is -0.383 e. The zero-order valence-electron chi connectivity index (χ0n) is 8.17. The zero-order valence-corrected chi connectivity index (χ0v) is 8.17. The molecule has 2 aromatic heterocycles. The average Bonchev–Trinajstić information content (AvgIpc) is 2.30. The highest BCUT2D eigenvalue weighted by atomic mass is 14.8. The summed E-state index contributed by atoms with van der Waals surface area (Å²) in [5, 5.41) is 0. The molecule has 0 radical (unpaired) electrons. The molecule has 76 valence electrons. The number of rotatable bonds is 2. The lowest BCUT2D eigenvalue weighted by atomic mass is 10.0. The van der Waals surface area contributed by atoms with Crippen molar-refractivity contribution in [3.63, 3.8) is 0 Å². The molecular weight excluding hydrogens is 188 g/mol. The fourth-order valence-corrected chi connectivity index (χ4v) is 1.44. The molecule has 0 amide bonds. The second-order valence-corrected chi connectivity index (χ2v) is 3.24. The Morgan fingerprint density at radius 1 is 1.07 bits per heavy atom. The number of nitrogens with zero attached hydrogens (tertiary/aromatic N) is 2. The van der Waals surface area contributed by atoms with Gasteiger partial charge in [-0.25, -0.2) is 4.98 Å². The first-order valence-corrected chi connectivity index (χ1v) is 4.65. The van der Waals surface area contributed by atoms with Gasteiger partial charge in [-0.1, -0.05) is 6.07 Å². The standard InChI is InChI=1S/C11H12N4/c12-10(8-3-6-14-7-4-8)9-2-1-5-15-11(9)13/h1-7,10H,12H2,(H2,13,15). The number of aromatic nitrogens is 2. The lowest BCUT2D eigenvalue weighted by Gasteiger charge is -2.13. The molecule has 0 aliphatic carbocycles. The Kier molecular flexibility index (Phi) is 2.60. The molecular formula is C11H12N4. The lowest BCUT2D eigenvalue weighted by Crippen LogP contribution is -2.14. The lowest BCUT2D eigenvalue weighted by molar-refractivity contribution is 0.864. The average molecular weight is 200 g/mol. The van der Waals surface area contributed by atoms with E-state index in [0.717, 1.165) is 11.1 Å². The summed E-state index contributed by atoms with van der Waals surface area (Å²) in [6, 6.07) is 7.20. The summed E-state index contributed by atoms with van der Waals surface area (Å²) in [6.07, 6.45) is 5.07. The first-order chi connectivity index (χ1) is 7.29. The first-order valence-electron chi connectivity index (χ1n) is 4.65. The van der Waals surface area contributed by atoms with Crippen LogP contribution in [0, 0.1) is 0 Å². The molecule has 15 heavy (non-hydrogen) atoms. The second kappa shape index (κ2) is 4.06. The van der Waals surface area contributed by atoms with Crippen LogP contribution in [0.5, 0.6) is 0 Å². The Labute approximate surface area is 88.0 Å². The normalized spacial score (nSPS) is 12.3. The summed E-state index contributed by atoms with van der Waals surface area (Å²) >= 11 is 0. The molecule has 1 unspecified atom stereocenters. The summed E-state index contributed by atoms with van der Waals surface area (Å²) in [5.74, 6) is 0.474. The van der Waals surface area contributed by atoms with Crippen molar-refractivity contribution < 1.29 is 0 Å². The van der Waals surface area contributed by atoms with Gasteiger partial charge in [0.15, 0.2) is 0 Å². The van der Waals surface area contributed by atoms with Crippen molar-refractivity contribution in [3.8, 4) is 0 Å². The molecule has 0 aliphatic heterocycles. The Hall–Kier alpha value is -1.94. The minimum atomic E-state index is -0.248. The van der Waals surface area contributed by atoms with Crippen molar-refractivity contribution in [2.24, 2.45) is 5.73 Å². The molecule has 4 nitrogen and oxygen atoms in total. The van der Waals surface area contributed by atoms with Crippen LogP contribution in [-0.2, 0) is 0 Å². The maximum absolute atomic E-state index is 6.07. The predicted octanol–water partition coefficient (Wildman–Crippen LogP) is 1.11. The van der Waals surface area contributed by atoms with E-state index in [4.69, 9.17) is 11.5 Å². The van der Waals surface area contributed by atoms with Gasteiger partial charge in [0, 0.05) is 24.2 Å². The number of nitrogen functional groups attached to an aromatic ring is 1. The first kappa shape index (κ1) is 9.61. The van der Waals surface area contributed by atoms with Crippen LogP contribution in [-0.4, -0.2) is 9.97 Å². The van der Waals surface area contributed by atoms with Crippen LogP contribution in [0.4, 0.5) is 5.82 Å². The van der Waals surface area contributed by atoms with E-state index < -0.39 is 0 Å². The summed E-state index contributed by atoms with van der Waals surface area (Å²) in [5.41, 5.74) is 13.6. The molecule has 4 heteroatoms. The third kappa shape index (κ3) is 1.94. The molecule has 0 fully saturated rings. The van der Waals surface area contributed by atoms with Crippen molar-refractivity contribution in [2.45, 2.75) is 6.04 Å². The van der Waals surface area contributed by atoms with Crippen molar-refractivity contribution in [2.75, 3.05) is 5.73 Å². The van der Waals surface area contributed by atoms with E-state index in [0.29, 0.717) is 5.82 Å². The van der Waals surface area contributed by atoms with Crippen LogP contribution < -0.4 is 11.5 Å². The fourth-order valence-electron chi connectivity index (χ4n) is 1.44. The van der Waals surface area contributed by atoms with Crippen LogP contribution in [0.3, 0.4) is 0 Å². The highest BCUT2D eigenvalue weighted by Crippen LogP contribution is 2.21. The number of pyridine rings is 2. The molecule has 0 aliphatic rings. The van der Waals surface area contributed by atoms with Crippen molar-refractivity contribution in [3.05, 3.63) is 54.0 Å². The number of nitrogens with two attached hydrogens (primary N) is 2. The van der Waals surface area contributed by atoms with Gasteiger partial charge in [0.25, 0.3) is 0 Å². The Morgan fingerprint density at radius 2 is 1.80 bits per heavy atom. The fraction of sp³-hybridized carbons (Fsp3) is 0.0909. The van der Waals surface area contributed by atoms with E-state index in [1.54, 1.807) is 18.6 Å². The van der Waals surface area contributed by atoms with Crippen molar-refractivity contribution in [1.82, 2.24) is 9.97 Å². The van der Waals surface area contributed by atoms with E-state index in [2.05, 4.69) is 9.97 Å². The highest BCUT2D eigenvalue weighted by Gasteiger charge is 2.11. The van der Waals surface area contributed by atoms with Crippen LogP contribution in [0.1, 0.15) is 17.2 Å². The predicted molar refractivity (Wildman–Crippen MR) is 58.9 cm³/mol. The highest BCUT2D eigenvalue weighted by molar-refractivity contribution is 5.44. The summed E-state index contributed by atoms with van der Waals surface area (Å²) in [4.78, 5) is 7.95. The Morgan fingerprint density at radius 3 is 2.47 bits per heavy atom. The molecule has 0 aromatic carbocycles. The van der Waals surface area contributed by atoms with E-state index in [1.165, 1.54) is 0 Å². The Bertz CT molecular complexity index is 441. The molecule has 2 heterocycles.